The van der Waals surface area contributed by atoms with Gasteiger partial charge in [-0.3, -0.25) is 52.7 Å². The number of aliphatic hydroxyl groups is 2. The number of carbonyl (C=O) groups is 11. The molecule has 12 atom stereocenters. The van der Waals surface area contributed by atoms with Gasteiger partial charge in [0, 0.05) is 45.4 Å². The van der Waals surface area contributed by atoms with Crippen molar-refractivity contribution < 1.29 is 68.1 Å². The van der Waals surface area contributed by atoms with Crippen molar-refractivity contribution in [3.05, 3.63) is 65.7 Å². The predicted octanol–water partition coefficient (Wildman–Crippen LogP) is -2.25. The molecule has 11 amide bonds. The SMILES string of the molecule is CCC(C)[C@@H]1NC(=O)[C@@H]2CCCN2C(=O)[C@H](C(C)O)NC(=O)[C@H](CCC(N)=O)NC(=O)[C@H](Cc2ccccc2)NC(=O)[C@H](Cc2ccc(O)cc2)NC(=O)[C@@H]2CCCN2C(=O)[C@@H]2CCCN2C(=O)[C@@H]2CCCN2C(=O)[C@H](CO)NC1=O. The summed E-state index contributed by atoms with van der Waals surface area (Å²) in [6.07, 6.45) is -0.107. The normalized spacial score (nSPS) is 28.8. The van der Waals surface area contributed by atoms with Crippen LogP contribution in [0.2, 0.25) is 0 Å². The first-order valence-electron chi connectivity index (χ1n) is 28.1. The Morgan fingerprint density at radius 3 is 1.46 bits per heavy atom. The van der Waals surface area contributed by atoms with E-state index in [4.69, 9.17) is 5.73 Å². The number of phenols is 1. The monoisotopic (exact) mass is 1130 g/mol. The molecule has 25 heteroatoms. The standard InChI is InChI=1S/C56H77N11O14/c1-4-31(2)45-52(77)61-39(30-68)53(78)66-26-10-16-42(66)55(80)67-27-11-17-43(67)54(79)64-24-8-14-40(64)50(75)60-38(29-34-18-20-35(70)21-19-34)49(74)59-37(28-33-12-6-5-7-13-33)48(73)58-36(22-23-44(57)71)47(72)63-46(32(3)69)56(81)65-25-9-15-41(65)51(76)62-45/h5-7,12-13,18-21,31-32,36-43,45-46,68-70H,4,8-11,14-17,22-30H2,1-3H3,(H2,57,71)(H,58,73)(H,59,74)(H,60,75)(H,61,77)(H,62,76)(H,63,72)/t31?,32?,36-,37-,38-,39-,40-,41-,42-,43-,45-,46-/m0/s1. The number of phenolic OH excluding ortho intramolecular Hbond substituents is 1. The lowest BCUT2D eigenvalue weighted by molar-refractivity contribution is -0.151. The minimum absolute atomic E-state index is 0.00480. The zero-order valence-corrected chi connectivity index (χ0v) is 46.1. The molecule has 0 saturated carbocycles. The minimum atomic E-state index is -1.72. The summed E-state index contributed by atoms with van der Waals surface area (Å²) in [6, 6.07) is 0.920. The van der Waals surface area contributed by atoms with Crippen LogP contribution in [0, 0.1) is 5.92 Å². The minimum Gasteiger partial charge on any atom is -0.508 e. The third-order valence-electron chi connectivity index (χ3n) is 16.2. The number of nitrogens with two attached hydrogens (primary N) is 1. The Labute approximate surface area is 469 Å². The van der Waals surface area contributed by atoms with E-state index in [0.717, 1.165) is 4.90 Å². The maximum absolute atomic E-state index is 14.8. The van der Waals surface area contributed by atoms with Gasteiger partial charge in [0.05, 0.1) is 12.7 Å². The molecule has 11 N–H and O–H groups in total. The summed E-state index contributed by atoms with van der Waals surface area (Å²) in [7, 11) is 0. The first-order chi connectivity index (χ1) is 38.7. The maximum atomic E-state index is 14.8. The Balaban J connectivity index is 1.26. The number of amides is 11. The van der Waals surface area contributed by atoms with Crippen LogP contribution in [-0.2, 0) is 65.6 Å². The van der Waals surface area contributed by atoms with Gasteiger partial charge in [0.25, 0.3) is 0 Å². The molecule has 2 aromatic rings. The summed E-state index contributed by atoms with van der Waals surface area (Å²) < 4.78 is 0. The van der Waals surface area contributed by atoms with E-state index < -0.39 is 157 Å². The summed E-state index contributed by atoms with van der Waals surface area (Å²) in [5.74, 6) is -9.25. The van der Waals surface area contributed by atoms with Gasteiger partial charge in [-0.05, 0) is 93.9 Å². The van der Waals surface area contributed by atoms with Crippen molar-refractivity contribution in [3.8, 4) is 5.75 Å². The number of benzene rings is 2. The fourth-order valence-electron chi connectivity index (χ4n) is 11.5. The van der Waals surface area contributed by atoms with Crippen LogP contribution in [-0.4, -0.2) is 199 Å². The number of hydrogen-bond acceptors (Lipinski definition) is 14. The third kappa shape index (κ3) is 14.8. The number of aromatic hydroxyl groups is 1. The lowest BCUT2D eigenvalue weighted by atomic mass is 9.97. The van der Waals surface area contributed by atoms with Gasteiger partial charge >= 0.3 is 0 Å². The van der Waals surface area contributed by atoms with Crippen LogP contribution in [0.25, 0.3) is 0 Å². The number of nitrogens with zero attached hydrogens (tertiary/aromatic N) is 4. The molecule has 25 nitrogen and oxygen atoms in total. The molecule has 0 bridgehead atoms. The number of carbonyl (C=O) groups excluding carboxylic acids is 11. The Morgan fingerprint density at radius 1 is 0.531 bits per heavy atom. The first kappa shape index (κ1) is 61.0. The fourth-order valence-corrected chi connectivity index (χ4v) is 11.5. The Morgan fingerprint density at radius 2 is 0.951 bits per heavy atom. The molecule has 0 aliphatic carbocycles. The molecule has 0 aromatic heterocycles. The molecular weight excluding hydrogens is 1050 g/mol. The van der Waals surface area contributed by atoms with Crippen LogP contribution < -0.4 is 37.6 Å². The highest BCUT2D eigenvalue weighted by atomic mass is 16.3. The summed E-state index contributed by atoms with van der Waals surface area (Å²) in [5.41, 5.74) is 6.57. The average molecular weight is 1130 g/mol. The third-order valence-corrected chi connectivity index (χ3v) is 16.2. The average Bonchev–Trinajstić information content (AvgIpc) is 4.32. The summed E-state index contributed by atoms with van der Waals surface area (Å²) in [5, 5.41) is 47.7. The molecule has 440 valence electrons. The van der Waals surface area contributed by atoms with Crippen LogP contribution in [0.1, 0.15) is 103 Å². The first-order valence-corrected chi connectivity index (χ1v) is 28.1. The van der Waals surface area contributed by atoms with Crippen LogP contribution in [0.15, 0.2) is 54.6 Å². The summed E-state index contributed by atoms with van der Waals surface area (Å²) in [4.78, 5) is 162. The van der Waals surface area contributed by atoms with Gasteiger partial charge in [-0.1, -0.05) is 62.7 Å². The Hall–Kier alpha value is -7.67. The predicted molar refractivity (Wildman–Crippen MR) is 289 cm³/mol. The molecular formula is C56H77N11O14. The van der Waals surface area contributed by atoms with Gasteiger partial charge < -0.3 is 72.6 Å². The maximum Gasteiger partial charge on any atom is 0.248 e. The Kier molecular flexibility index (Phi) is 20.8. The van der Waals surface area contributed by atoms with E-state index in [1.54, 1.807) is 44.2 Å². The number of aliphatic hydroxyl groups excluding tert-OH is 2. The summed E-state index contributed by atoms with van der Waals surface area (Å²) in [6.45, 7) is 4.21. The van der Waals surface area contributed by atoms with Gasteiger partial charge in [-0.2, -0.15) is 0 Å². The van der Waals surface area contributed by atoms with Crippen molar-refractivity contribution in [3.63, 3.8) is 0 Å². The zero-order valence-electron chi connectivity index (χ0n) is 46.1. The lowest BCUT2D eigenvalue weighted by Crippen LogP contribution is -2.63. The number of rotatable bonds is 11. The summed E-state index contributed by atoms with van der Waals surface area (Å²) >= 11 is 0. The van der Waals surface area contributed by atoms with E-state index in [-0.39, 0.29) is 70.5 Å². The van der Waals surface area contributed by atoms with E-state index in [1.165, 1.54) is 45.9 Å². The number of nitrogens with one attached hydrogen (secondary N) is 6. The van der Waals surface area contributed by atoms with Crippen LogP contribution in [0.3, 0.4) is 0 Å². The smallest absolute Gasteiger partial charge is 0.248 e. The molecule has 5 fully saturated rings. The van der Waals surface area contributed by atoms with Crippen molar-refractivity contribution >= 4 is 65.0 Å². The number of primary amides is 1. The molecule has 5 aliphatic heterocycles. The molecule has 81 heavy (non-hydrogen) atoms. The number of fused-ring (bicyclic) bond motifs is 4. The second-order valence-electron chi connectivity index (χ2n) is 21.8. The highest BCUT2D eigenvalue weighted by Gasteiger charge is 2.48. The second-order valence-corrected chi connectivity index (χ2v) is 21.8. The van der Waals surface area contributed by atoms with Crippen LogP contribution in [0.5, 0.6) is 5.75 Å². The Bertz CT molecular complexity index is 2660. The molecule has 2 unspecified atom stereocenters. The highest BCUT2D eigenvalue weighted by Crippen LogP contribution is 2.30. The van der Waals surface area contributed by atoms with E-state index in [9.17, 15) is 68.1 Å². The van der Waals surface area contributed by atoms with E-state index in [2.05, 4.69) is 31.9 Å². The quantitative estimate of drug-likeness (QED) is 0.114. The molecule has 5 heterocycles. The van der Waals surface area contributed by atoms with Gasteiger partial charge in [-0.25, -0.2) is 0 Å². The fraction of sp³-hybridized carbons (Fsp3) is 0.589. The molecule has 0 spiro atoms. The highest BCUT2D eigenvalue weighted by molar-refractivity contribution is 6.00. The van der Waals surface area contributed by atoms with Crippen LogP contribution in [0.4, 0.5) is 0 Å². The molecule has 5 saturated heterocycles. The molecule has 5 aliphatic rings. The van der Waals surface area contributed by atoms with Crippen molar-refractivity contribution in [1.29, 1.82) is 0 Å². The zero-order chi connectivity index (χ0) is 58.7. The van der Waals surface area contributed by atoms with E-state index in [0.29, 0.717) is 43.2 Å². The second kappa shape index (κ2) is 27.7. The van der Waals surface area contributed by atoms with Gasteiger partial charge in [0.2, 0.25) is 65.0 Å². The molecule has 7 rings (SSSR count). The van der Waals surface area contributed by atoms with Gasteiger partial charge in [0.15, 0.2) is 0 Å². The van der Waals surface area contributed by atoms with Crippen molar-refractivity contribution in [2.45, 2.75) is 171 Å². The molecule has 0 radical (unpaired) electrons. The van der Waals surface area contributed by atoms with Crippen molar-refractivity contribution in [2.75, 3.05) is 32.8 Å². The topological polar surface area (TPSA) is 360 Å². The van der Waals surface area contributed by atoms with E-state index >= 15 is 0 Å². The van der Waals surface area contributed by atoms with Crippen LogP contribution >= 0.6 is 0 Å². The van der Waals surface area contributed by atoms with E-state index in [1.807, 2.05) is 0 Å². The largest absolute Gasteiger partial charge is 0.508 e. The lowest BCUT2D eigenvalue weighted by Gasteiger charge is -2.35. The number of hydrogen-bond donors (Lipinski definition) is 10. The van der Waals surface area contributed by atoms with Gasteiger partial charge in [-0.15, -0.1) is 0 Å². The van der Waals surface area contributed by atoms with Crippen molar-refractivity contribution in [2.24, 2.45) is 11.7 Å². The molecule has 2 aromatic carbocycles. The van der Waals surface area contributed by atoms with Gasteiger partial charge in [0.1, 0.15) is 66.2 Å². The van der Waals surface area contributed by atoms with Crippen molar-refractivity contribution in [1.82, 2.24) is 51.5 Å².